The largest absolute Gasteiger partial charge is 0.480 e. The van der Waals surface area contributed by atoms with Crippen LogP contribution in [0.25, 0.3) is 0 Å². The van der Waals surface area contributed by atoms with Crippen LogP contribution in [-0.2, 0) is 14.4 Å². The number of carboxylic acids is 1. The minimum absolute atomic E-state index is 0.369. The maximum atomic E-state index is 11.9. The molecule has 8 nitrogen and oxygen atoms in total. The highest BCUT2D eigenvalue weighted by molar-refractivity contribution is 5.92. The Kier molecular flexibility index (Phi) is 5.90. The van der Waals surface area contributed by atoms with Crippen LogP contribution in [0.5, 0.6) is 0 Å². The molecule has 1 aliphatic rings. The lowest BCUT2D eigenvalue weighted by molar-refractivity contribution is -0.142. The molecule has 1 saturated heterocycles. The fraction of sp³-hybridized carbons (Fsp3) is 0.750. The number of rotatable bonds is 6. The van der Waals surface area contributed by atoms with Crippen LogP contribution in [0.2, 0.25) is 0 Å². The number of aliphatic hydroxyl groups excluding tert-OH is 1. The predicted molar refractivity (Wildman–Crippen MR) is 69.9 cm³/mol. The first-order valence-electron chi connectivity index (χ1n) is 6.58. The molecule has 1 aliphatic heterocycles. The number of carbonyl (C=O) groups excluding carboxylic acids is 2. The molecule has 114 valence electrons. The van der Waals surface area contributed by atoms with E-state index in [0.29, 0.717) is 6.42 Å². The number of aliphatic hydroxyl groups is 1. The Morgan fingerprint density at radius 2 is 1.90 bits per heavy atom. The summed E-state index contributed by atoms with van der Waals surface area (Å²) in [6.45, 7) is 3.40. The van der Waals surface area contributed by atoms with Gasteiger partial charge in [0.05, 0.1) is 12.1 Å². The predicted octanol–water partition coefficient (Wildman–Crippen LogP) is -1.81. The first-order valence-corrected chi connectivity index (χ1v) is 6.58. The van der Waals surface area contributed by atoms with Crippen molar-refractivity contribution in [1.29, 1.82) is 0 Å². The third kappa shape index (κ3) is 4.46. The van der Waals surface area contributed by atoms with E-state index in [0.717, 1.165) is 13.0 Å². The van der Waals surface area contributed by atoms with Crippen molar-refractivity contribution in [3.8, 4) is 0 Å². The van der Waals surface area contributed by atoms with Gasteiger partial charge in [-0.05, 0) is 33.2 Å². The summed E-state index contributed by atoms with van der Waals surface area (Å²) >= 11 is 0. The van der Waals surface area contributed by atoms with Gasteiger partial charge in [-0.1, -0.05) is 0 Å². The van der Waals surface area contributed by atoms with E-state index in [-0.39, 0.29) is 11.9 Å². The molecule has 0 aromatic heterocycles. The van der Waals surface area contributed by atoms with Crippen LogP contribution in [0, 0.1) is 0 Å². The molecular formula is C12H21N3O5. The van der Waals surface area contributed by atoms with Crippen molar-refractivity contribution in [2.24, 2.45) is 0 Å². The van der Waals surface area contributed by atoms with Crippen molar-refractivity contribution in [3.63, 3.8) is 0 Å². The molecule has 0 aromatic carbocycles. The summed E-state index contributed by atoms with van der Waals surface area (Å²) in [6.07, 6.45) is 0.423. The third-order valence-electron chi connectivity index (χ3n) is 3.17. The molecule has 0 saturated carbocycles. The van der Waals surface area contributed by atoms with Crippen LogP contribution in [0.15, 0.2) is 0 Å². The normalized spacial score (nSPS) is 22.6. The second-order valence-corrected chi connectivity index (χ2v) is 4.94. The van der Waals surface area contributed by atoms with E-state index in [1.807, 2.05) is 0 Å². The zero-order valence-electron chi connectivity index (χ0n) is 11.5. The number of aliphatic carboxylic acids is 1. The van der Waals surface area contributed by atoms with E-state index in [1.165, 1.54) is 13.8 Å². The van der Waals surface area contributed by atoms with Gasteiger partial charge in [-0.25, -0.2) is 0 Å². The van der Waals surface area contributed by atoms with Crippen LogP contribution in [0.1, 0.15) is 26.7 Å². The van der Waals surface area contributed by atoms with Crippen molar-refractivity contribution < 1.29 is 24.6 Å². The molecular weight excluding hydrogens is 266 g/mol. The summed E-state index contributed by atoms with van der Waals surface area (Å²) in [5.41, 5.74) is 0. The van der Waals surface area contributed by atoms with Crippen LogP contribution < -0.4 is 16.0 Å². The Bertz CT molecular complexity index is 379. The van der Waals surface area contributed by atoms with Crippen molar-refractivity contribution in [2.75, 3.05) is 6.54 Å². The molecule has 0 spiro atoms. The summed E-state index contributed by atoms with van der Waals surface area (Å²) in [5.74, 6) is -2.28. The molecule has 0 aromatic rings. The average Bonchev–Trinajstić information content (AvgIpc) is 2.88. The lowest BCUT2D eigenvalue weighted by atomic mass is 10.1. The first kappa shape index (κ1) is 16.4. The molecule has 1 rings (SSSR count). The van der Waals surface area contributed by atoms with Gasteiger partial charge >= 0.3 is 5.97 Å². The van der Waals surface area contributed by atoms with Gasteiger partial charge in [0, 0.05) is 0 Å². The Morgan fingerprint density at radius 1 is 1.25 bits per heavy atom. The zero-order chi connectivity index (χ0) is 15.3. The Labute approximate surface area is 116 Å². The highest BCUT2D eigenvalue weighted by atomic mass is 16.4. The number of amides is 2. The average molecular weight is 287 g/mol. The number of carbonyl (C=O) groups is 3. The molecule has 1 heterocycles. The van der Waals surface area contributed by atoms with Crippen molar-refractivity contribution in [2.45, 2.75) is 50.9 Å². The molecule has 8 heteroatoms. The van der Waals surface area contributed by atoms with Crippen LogP contribution in [0.3, 0.4) is 0 Å². The second kappa shape index (κ2) is 7.20. The van der Waals surface area contributed by atoms with Gasteiger partial charge in [0.1, 0.15) is 12.1 Å². The van der Waals surface area contributed by atoms with E-state index in [2.05, 4.69) is 16.0 Å². The monoisotopic (exact) mass is 287 g/mol. The Hall–Kier alpha value is -1.67. The lowest BCUT2D eigenvalue weighted by Crippen LogP contribution is -2.57. The van der Waals surface area contributed by atoms with Crippen LogP contribution in [-0.4, -0.2) is 58.8 Å². The standard InChI is InChI=1S/C12H21N3O5/c1-6(12(19)20)14-11(18)9(7(2)16)15-10(17)8-4-3-5-13-8/h6-9,13,16H,3-5H2,1-2H3,(H,14,18)(H,15,17)(H,19,20)/t6-,7+,8-,9-/m0/s1. The fourth-order valence-electron chi connectivity index (χ4n) is 1.93. The van der Waals surface area contributed by atoms with Gasteiger partial charge in [-0.2, -0.15) is 0 Å². The Balaban J connectivity index is 2.61. The number of carboxylic acid groups (broad SMARTS) is 1. The molecule has 1 fully saturated rings. The summed E-state index contributed by atoms with van der Waals surface area (Å²) in [4.78, 5) is 34.5. The molecule has 2 amide bonds. The van der Waals surface area contributed by atoms with Gasteiger partial charge in [0.25, 0.3) is 0 Å². The molecule has 0 aliphatic carbocycles. The lowest BCUT2D eigenvalue weighted by Gasteiger charge is -2.23. The van der Waals surface area contributed by atoms with Crippen LogP contribution >= 0.6 is 0 Å². The van der Waals surface area contributed by atoms with Gasteiger partial charge in [0.15, 0.2) is 0 Å². The van der Waals surface area contributed by atoms with Gasteiger partial charge in [-0.3, -0.25) is 14.4 Å². The molecule has 5 N–H and O–H groups in total. The van der Waals surface area contributed by atoms with Gasteiger partial charge in [0.2, 0.25) is 11.8 Å². The minimum Gasteiger partial charge on any atom is -0.480 e. The quantitative estimate of drug-likeness (QED) is 0.392. The second-order valence-electron chi connectivity index (χ2n) is 4.94. The van der Waals surface area contributed by atoms with Crippen molar-refractivity contribution in [1.82, 2.24) is 16.0 Å². The number of hydrogen-bond acceptors (Lipinski definition) is 5. The summed E-state index contributed by atoms with van der Waals surface area (Å²) in [7, 11) is 0. The maximum Gasteiger partial charge on any atom is 0.325 e. The third-order valence-corrected chi connectivity index (χ3v) is 3.17. The SMILES string of the molecule is C[C@H](NC(=O)[C@@H](NC(=O)[C@@H]1CCCN1)[C@@H](C)O)C(=O)O. The van der Waals surface area contributed by atoms with E-state index >= 15 is 0 Å². The molecule has 4 atom stereocenters. The van der Waals surface area contributed by atoms with Crippen LogP contribution in [0.4, 0.5) is 0 Å². The zero-order valence-corrected chi connectivity index (χ0v) is 11.5. The molecule has 0 radical (unpaired) electrons. The number of hydrogen-bond donors (Lipinski definition) is 5. The highest BCUT2D eigenvalue weighted by Gasteiger charge is 2.31. The van der Waals surface area contributed by atoms with E-state index in [9.17, 15) is 19.5 Å². The summed E-state index contributed by atoms with van der Waals surface area (Å²) in [6, 6.07) is -2.64. The number of nitrogens with one attached hydrogen (secondary N) is 3. The summed E-state index contributed by atoms with van der Waals surface area (Å²) < 4.78 is 0. The summed E-state index contributed by atoms with van der Waals surface area (Å²) in [5, 5.41) is 26.0. The highest BCUT2D eigenvalue weighted by Crippen LogP contribution is 2.06. The molecule has 0 unspecified atom stereocenters. The van der Waals surface area contributed by atoms with Gasteiger partial charge in [-0.15, -0.1) is 0 Å². The van der Waals surface area contributed by atoms with Gasteiger partial charge < -0.3 is 26.2 Å². The Morgan fingerprint density at radius 3 is 2.35 bits per heavy atom. The fourth-order valence-corrected chi connectivity index (χ4v) is 1.93. The van der Waals surface area contributed by atoms with Crippen molar-refractivity contribution >= 4 is 17.8 Å². The maximum absolute atomic E-state index is 11.9. The molecule has 20 heavy (non-hydrogen) atoms. The van der Waals surface area contributed by atoms with E-state index < -0.39 is 30.1 Å². The smallest absolute Gasteiger partial charge is 0.325 e. The minimum atomic E-state index is -1.19. The van der Waals surface area contributed by atoms with E-state index in [1.54, 1.807) is 0 Å². The van der Waals surface area contributed by atoms with E-state index in [4.69, 9.17) is 5.11 Å². The van der Waals surface area contributed by atoms with Crippen molar-refractivity contribution in [3.05, 3.63) is 0 Å². The topological polar surface area (TPSA) is 128 Å². The first-order chi connectivity index (χ1) is 9.32. The molecule has 0 bridgehead atoms.